The molecular weight excluding hydrogens is 252 g/mol. The average molecular weight is 276 g/mol. The lowest BCUT2D eigenvalue weighted by Gasteiger charge is -2.33. The first-order valence-electron chi connectivity index (χ1n) is 7.24. The fraction of sp³-hybridized carbons (Fsp3) is 0.600. The number of hydrogen-bond acceptors (Lipinski definition) is 3. The van der Waals surface area contributed by atoms with Crippen LogP contribution in [0.25, 0.3) is 0 Å². The lowest BCUT2D eigenvalue weighted by molar-refractivity contribution is 0.158. The molecule has 1 aliphatic rings. The van der Waals surface area contributed by atoms with Crippen molar-refractivity contribution in [3.8, 4) is 0 Å². The van der Waals surface area contributed by atoms with Crippen molar-refractivity contribution in [2.24, 2.45) is 0 Å². The highest BCUT2D eigenvalue weighted by molar-refractivity contribution is 5.74. The lowest BCUT2D eigenvalue weighted by atomic mass is 10.0. The van der Waals surface area contributed by atoms with Crippen LogP contribution in [0.1, 0.15) is 31.7 Å². The number of rotatable bonds is 3. The Hall–Kier alpha value is -1.78. The van der Waals surface area contributed by atoms with E-state index in [9.17, 15) is 4.79 Å². The Morgan fingerprint density at radius 1 is 1.50 bits per heavy atom. The van der Waals surface area contributed by atoms with Gasteiger partial charge in [-0.3, -0.25) is 0 Å². The van der Waals surface area contributed by atoms with Crippen LogP contribution in [0, 0.1) is 0 Å². The summed E-state index contributed by atoms with van der Waals surface area (Å²) < 4.78 is 0. The predicted molar refractivity (Wildman–Crippen MR) is 80.8 cm³/mol. The molecule has 2 heterocycles. The summed E-state index contributed by atoms with van der Waals surface area (Å²) in [6.07, 6.45) is 5.22. The number of likely N-dealkylation sites (tertiary alicyclic amines) is 1. The van der Waals surface area contributed by atoms with E-state index in [1.165, 1.54) is 6.42 Å². The molecule has 1 saturated heterocycles. The van der Waals surface area contributed by atoms with Gasteiger partial charge in [0.2, 0.25) is 0 Å². The molecule has 0 aromatic carbocycles. The van der Waals surface area contributed by atoms with Crippen LogP contribution in [-0.4, -0.2) is 42.6 Å². The molecule has 1 aliphatic heterocycles. The van der Waals surface area contributed by atoms with Crippen LogP contribution in [0.5, 0.6) is 0 Å². The van der Waals surface area contributed by atoms with Crippen LogP contribution in [-0.2, 0) is 6.54 Å². The quantitative estimate of drug-likeness (QED) is 0.921. The van der Waals surface area contributed by atoms with Gasteiger partial charge in [-0.2, -0.15) is 0 Å². The molecule has 0 radical (unpaired) electrons. The number of hydrogen-bond donors (Lipinski definition) is 1. The Labute approximate surface area is 121 Å². The minimum absolute atomic E-state index is 0.0421. The number of carbonyl (C=O) groups is 1. The highest BCUT2D eigenvalue weighted by Crippen LogP contribution is 2.16. The summed E-state index contributed by atoms with van der Waals surface area (Å²) in [6.45, 7) is 3.53. The molecule has 0 bridgehead atoms. The number of nitrogens with one attached hydrogen (secondary N) is 1. The second-order valence-electron chi connectivity index (χ2n) is 5.61. The predicted octanol–water partition coefficient (Wildman–Crippen LogP) is 2.23. The zero-order valence-corrected chi connectivity index (χ0v) is 12.6. The second-order valence-corrected chi connectivity index (χ2v) is 5.61. The lowest BCUT2D eigenvalue weighted by Crippen LogP contribution is -2.47. The molecule has 0 spiro atoms. The van der Waals surface area contributed by atoms with Crippen LogP contribution in [0.15, 0.2) is 18.3 Å². The third kappa shape index (κ3) is 3.62. The van der Waals surface area contributed by atoms with Crippen molar-refractivity contribution in [2.45, 2.75) is 38.8 Å². The molecule has 2 rings (SSSR count). The molecular formula is C15H24N4O. The summed E-state index contributed by atoms with van der Waals surface area (Å²) in [7, 11) is 3.92. The first-order valence-corrected chi connectivity index (χ1v) is 7.24. The zero-order valence-electron chi connectivity index (χ0n) is 12.6. The van der Waals surface area contributed by atoms with Crippen LogP contribution in [0.3, 0.4) is 0 Å². The SMILES string of the molecule is CC1CCCCN1C(=O)NCc1ccnc(N(C)C)c1. The van der Waals surface area contributed by atoms with E-state index in [2.05, 4.69) is 17.2 Å². The minimum Gasteiger partial charge on any atom is -0.363 e. The largest absolute Gasteiger partial charge is 0.363 e. The van der Waals surface area contributed by atoms with Crippen LogP contribution < -0.4 is 10.2 Å². The van der Waals surface area contributed by atoms with Crippen LogP contribution in [0.2, 0.25) is 0 Å². The molecule has 5 heteroatoms. The van der Waals surface area contributed by atoms with E-state index < -0.39 is 0 Å². The van der Waals surface area contributed by atoms with Crippen molar-refractivity contribution in [2.75, 3.05) is 25.5 Å². The van der Waals surface area contributed by atoms with Gasteiger partial charge < -0.3 is 15.1 Å². The number of urea groups is 1. The standard InChI is InChI=1S/C15H24N4O/c1-12-6-4-5-9-19(12)15(20)17-11-13-7-8-16-14(10-13)18(2)3/h7-8,10,12H,4-6,9,11H2,1-3H3,(H,17,20). The molecule has 110 valence electrons. The fourth-order valence-electron chi connectivity index (χ4n) is 2.49. The second kappa shape index (κ2) is 6.59. The first kappa shape index (κ1) is 14.6. The van der Waals surface area contributed by atoms with Gasteiger partial charge in [0.25, 0.3) is 0 Å². The van der Waals surface area contributed by atoms with Gasteiger partial charge >= 0.3 is 6.03 Å². The molecule has 1 atom stereocenters. The topological polar surface area (TPSA) is 48.5 Å². The Morgan fingerprint density at radius 2 is 2.30 bits per heavy atom. The summed E-state index contributed by atoms with van der Waals surface area (Å²) in [5, 5.41) is 3.01. The number of carbonyl (C=O) groups excluding carboxylic acids is 1. The van der Waals surface area contributed by atoms with Crippen LogP contribution >= 0.6 is 0 Å². The van der Waals surface area contributed by atoms with E-state index in [1.54, 1.807) is 6.20 Å². The van der Waals surface area contributed by atoms with Crippen molar-refractivity contribution in [1.82, 2.24) is 15.2 Å². The first-order chi connectivity index (χ1) is 9.58. The molecule has 1 fully saturated rings. The van der Waals surface area contributed by atoms with Gasteiger partial charge in [0.15, 0.2) is 0 Å². The molecule has 0 aliphatic carbocycles. The molecule has 2 amide bonds. The highest BCUT2D eigenvalue weighted by atomic mass is 16.2. The zero-order chi connectivity index (χ0) is 14.5. The number of nitrogens with zero attached hydrogens (tertiary/aromatic N) is 3. The Balaban J connectivity index is 1.91. The van der Waals surface area contributed by atoms with Gasteiger partial charge in [0.1, 0.15) is 5.82 Å². The van der Waals surface area contributed by atoms with E-state index in [-0.39, 0.29) is 6.03 Å². The van der Waals surface area contributed by atoms with Crippen molar-refractivity contribution in [3.63, 3.8) is 0 Å². The van der Waals surface area contributed by atoms with E-state index in [4.69, 9.17) is 0 Å². The van der Waals surface area contributed by atoms with E-state index in [1.807, 2.05) is 36.0 Å². The van der Waals surface area contributed by atoms with Crippen molar-refractivity contribution < 1.29 is 4.79 Å². The maximum absolute atomic E-state index is 12.2. The third-order valence-electron chi connectivity index (χ3n) is 3.78. The van der Waals surface area contributed by atoms with E-state index in [0.29, 0.717) is 12.6 Å². The summed E-state index contributed by atoms with van der Waals surface area (Å²) in [4.78, 5) is 20.4. The summed E-state index contributed by atoms with van der Waals surface area (Å²) in [5.41, 5.74) is 1.07. The number of pyridine rings is 1. The normalized spacial score (nSPS) is 18.8. The number of aromatic nitrogens is 1. The molecule has 5 nitrogen and oxygen atoms in total. The Kier molecular flexibility index (Phi) is 4.82. The molecule has 0 saturated carbocycles. The maximum atomic E-state index is 12.2. The molecule has 1 unspecified atom stereocenters. The van der Waals surface area contributed by atoms with Gasteiger partial charge in [-0.1, -0.05) is 0 Å². The Bertz CT molecular complexity index is 461. The fourth-order valence-corrected chi connectivity index (χ4v) is 2.49. The van der Waals surface area contributed by atoms with Crippen molar-refractivity contribution >= 4 is 11.8 Å². The smallest absolute Gasteiger partial charge is 0.317 e. The summed E-state index contributed by atoms with van der Waals surface area (Å²) in [6, 6.07) is 4.33. The van der Waals surface area contributed by atoms with E-state index in [0.717, 1.165) is 30.8 Å². The van der Waals surface area contributed by atoms with Gasteiger partial charge in [-0.25, -0.2) is 9.78 Å². The van der Waals surface area contributed by atoms with Crippen molar-refractivity contribution in [3.05, 3.63) is 23.9 Å². The highest BCUT2D eigenvalue weighted by Gasteiger charge is 2.22. The Morgan fingerprint density at radius 3 is 3.00 bits per heavy atom. The number of amides is 2. The number of anilines is 1. The van der Waals surface area contributed by atoms with Gasteiger partial charge in [0.05, 0.1) is 0 Å². The van der Waals surface area contributed by atoms with Gasteiger partial charge in [0, 0.05) is 39.4 Å². The van der Waals surface area contributed by atoms with E-state index >= 15 is 0 Å². The van der Waals surface area contributed by atoms with Gasteiger partial charge in [-0.05, 0) is 43.9 Å². The minimum atomic E-state index is 0.0421. The van der Waals surface area contributed by atoms with Crippen LogP contribution in [0.4, 0.5) is 10.6 Å². The maximum Gasteiger partial charge on any atom is 0.317 e. The average Bonchev–Trinajstić information content (AvgIpc) is 2.45. The number of piperidine rings is 1. The molecule has 20 heavy (non-hydrogen) atoms. The summed E-state index contributed by atoms with van der Waals surface area (Å²) in [5.74, 6) is 0.906. The van der Waals surface area contributed by atoms with Crippen molar-refractivity contribution in [1.29, 1.82) is 0 Å². The molecule has 1 aromatic rings. The summed E-state index contributed by atoms with van der Waals surface area (Å²) >= 11 is 0. The third-order valence-corrected chi connectivity index (χ3v) is 3.78. The molecule has 1 aromatic heterocycles. The monoisotopic (exact) mass is 276 g/mol. The molecule has 1 N–H and O–H groups in total. The van der Waals surface area contributed by atoms with Gasteiger partial charge in [-0.15, -0.1) is 0 Å².